The summed E-state index contributed by atoms with van der Waals surface area (Å²) in [5, 5.41) is 20.3. The lowest BCUT2D eigenvalue weighted by Crippen LogP contribution is -2.44. The van der Waals surface area contributed by atoms with Crippen LogP contribution in [0.3, 0.4) is 0 Å². The number of nitrogen functional groups attached to an aromatic ring is 1. The van der Waals surface area contributed by atoms with Gasteiger partial charge < -0.3 is 25.2 Å². The Morgan fingerprint density at radius 2 is 2.15 bits per heavy atom. The third-order valence-electron chi connectivity index (χ3n) is 10.6. The zero-order chi connectivity index (χ0) is 28.4. The molecule has 3 fully saturated rings. The van der Waals surface area contributed by atoms with Gasteiger partial charge in [0.15, 0.2) is 0 Å². The number of aromatic nitrogens is 1. The zero-order valence-electron chi connectivity index (χ0n) is 23.9. The van der Waals surface area contributed by atoms with Gasteiger partial charge in [0.2, 0.25) is 5.88 Å². The highest BCUT2D eigenvalue weighted by molar-refractivity contribution is 5.65. The number of ether oxygens (including phenoxy) is 2. The molecule has 0 bridgehead atoms. The van der Waals surface area contributed by atoms with Crippen molar-refractivity contribution in [3.63, 3.8) is 0 Å². The fourth-order valence-corrected chi connectivity index (χ4v) is 8.46. The Morgan fingerprint density at radius 3 is 2.98 bits per heavy atom. The fraction of sp³-hybridized carbons (Fsp3) is 0.625. The summed E-state index contributed by atoms with van der Waals surface area (Å²) in [6, 6.07) is 8.31. The molecule has 1 spiro atoms. The molecule has 3 saturated heterocycles. The van der Waals surface area contributed by atoms with Crippen molar-refractivity contribution in [3.05, 3.63) is 46.1 Å². The van der Waals surface area contributed by atoms with Crippen LogP contribution in [0.15, 0.2) is 18.2 Å². The normalized spacial score (nSPS) is 32.5. The maximum Gasteiger partial charge on any atom is 0.215 e. The summed E-state index contributed by atoms with van der Waals surface area (Å²) in [5.74, 6) is 0.848. The van der Waals surface area contributed by atoms with Crippen LogP contribution < -0.4 is 15.4 Å². The molecule has 1 unspecified atom stereocenters. The average Bonchev–Trinajstić information content (AvgIpc) is 3.67. The van der Waals surface area contributed by atoms with Crippen molar-refractivity contribution in [2.75, 3.05) is 43.5 Å². The number of fused-ring (bicyclic) bond motifs is 4. The van der Waals surface area contributed by atoms with Crippen LogP contribution in [0.5, 0.6) is 5.88 Å². The lowest BCUT2D eigenvalue weighted by atomic mass is 9.69. The standard InChI is InChI=1S/C32H40FN5O3/c1-20-7-9-32(30-23(20)5-6-26(35)24(30)15-34)14-27-25(18-41-32)28(38-11-2-4-22(38)17-39)12-29(36-27)40-19-31-8-3-10-37(31)16-21(33)13-31/h5-6,12,20-22,39H,2-4,7-11,13-14,16-19,35H2,1H3/t20-,21+,22-,31?,32-/m0/s1. The smallest absolute Gasteiger partial charge is 0.215 e. The van der Waals surface area contributed by atoms with Gasteiger partial charge in [-0.15, -0.1) is 0 Å². The zero-order valence-corrected chi connectivity index (χ0v) is 23.9. The molecule has 8 nitrogen and oxygen atoms in total. The first-order valence-corrected chi connectivity index (χ1v) is 15.3. The monoisotopic (exact) mass is 561 g/mol. The topological polar surface area (TPSA) is 108 Å². The van der Waals surface area contributed by atoms with Crippen molar-refractivity contribution in [3.8, 4) is 11.9 Å². The molecule has 3 N–H and O–H groups in total. The number of anilines is 2. The minimum absolute atomic E-state index is 0.0394. The van der Waals surface area contributed by atoms with E-state index in [0.29, 0.717) is 55.6 Å². The van der Waals surface area contributed by atoms with Crippen LogP contribution in [0.2, 0.25) is 0 Å². The summed E-state index contributed by atoms with van der Waals surface area (Å²) in [6.45, 7) is 5.32. The Kier molecular flexibility index (Phi) is 6.64. The minimum Gasteiger partial charge on any atom is -0.476 e. The first-order valence-electron chi connectivity index (χ1n) is 15.3. The van der Waals surface area contributed by atoms with Crippen LogP contribution in [-0.2, 0) is 23.4 Å². The molecule has 0 amide bonds. The van der Waals surface area contributed by atoms with E-state index in [4.69, 9.17) is 20.2 Å². The summed E-state index contributed by atoms with van der Waals surface area (Å²) in [7, 11) is 0. The molecule has 9 heteroatoms. The second kappa shape index (κ2) is 10.1. The van der Waals surface area contributed by atoms with Crippen molar-refractivity contribution >= 4 is 11.4 Å². The summed E-state index contributed by atoms with van der Waals surface area (Å²) in [6.07, 6.45) is 5.88. The van der Waals surface area contributed by atoms with Crippen LogP contribution in [0.25, 0.3) is 0 Å². The van der Waals surface area contributed by atoms with E-state index in [2.05, 4.69) is 28.9 Å². The molecule has 4 aliphatic heterocycles. The number of aliphatic hydroxyl groups is 1. The predicted molar refractivity (Wildman–Crippen MR) is 154 cm³/mol. The van der Waals surface area contributed by atoms with Gasteiger partial charge in [0.25, 0.3) is 0 Å². The molecular formula is C32H40FN5O3. The Balaban J connectivity index is 1.29. The van der Waals surface area contributed by atoms with Gasteiger partial charge in [-0.1, -0.05) is 13.0 Å². The number of hydrogen-bond acceptors (Lipinski definition) is 8. The lowest BCUT2D eigenvalue weighted by Gasteiger charge is -2.45. The second-order valence-electron chi connectivity index (χ2n) is 12.9. The summed E-state index contributed by atoms with van der Waals surface area (Å²) < 4.78 is 27.7. The van der Waals surface area contributed by atoms with Crippen molar-refractivity contribution in [1.29, 1.82) is 5.26 Å². The van der Waals surface area contributed by atoms with Crippen molar-refractivity contribution in [2.24, 2.45) is 0 Å². The molecule has 1 aromatic carbocycles. The Bertz CT molecular complexity index is 1400. The number of benzene rings is 1. The van der Waals surface area contributed by atoms with Crippen molar-refractivity contribution < 1.29 is 19.0 Å². The van der Waals surface area contributed by atoms with Gasteiger partial charge in [0, 0.05) is 54.5 Å². The van der Waals surface area contributed by atoms with Crippen LogP contribution in [0.1, 0.15) is 85.7 Å². The molecule has 0 radical (unpaired) electrons. The van der Waals surface area contributed by atoms with Gasteiger partial charge in [0.1, 0.15) is 24.4 Å². The molecule has 5 atom stereocenters. The van der Waals surface area contributed by atoms with E-state index in [1.807, 2.05) is 12.1 Å². The van der Waals surface area contributed by atoms with Crippen molar-refractivity contribution in [1.82, 2.24) is 9.88 Å². The SMILES string of the molecule is C[C@H]1CC[C@]2(Cc3nc(OCC45CCCN4C[C@H](F)C5)cc(N4CCC[C@H]4CO)c3CO2)c2c1ccc(N)c2C#N. The number of aliphatic hydroxyl groups excluding tert-OH is 1. The highest BCUT2D eigenvalue weighted by atomic mass is 19.1. The van der Waals surface area contributed by atoms with Gasteiger partial charge in [0.05, 0.1) is 36.1 Å². The van der Waals surface area contributed by atoms with E-state index < -0.39 is 11.8 Å². The van der Waals surface area contributed by atoms with E-state index in [9.17, 15) is 14.8 Å². The van der Waals surface area contributed by atoms with Gasteiger partial charge in [-0.25, -0.2) is 9.37 Å². The third-order valence-corrected chi connectivity index (χ3v) is 10.6. The Morgan fingerprint density at radius 1 is 1.27 bits per heavy atom. The molecule has 2 aromatic rings. The molecule has 1 aromatic heterocycles. The maximum atomic E-state index is 14.4. The fourth-order valence-electron chi connectivity index (χ4n) is 8.46. The number of nitrogens with zero attached hydrogens (tertiary/aromatic N) is 4. The van der Waals surface area contributed by atoms with Crippen LogP contribution >= 0.6 is 0 Å². The summed E-state index contributed by atoms with van der Waals surface area (Å²) >= 11 is 0. The molecule has 5 heterocycles. The first kappa shape index (κ1) is 26.9. The number of hydrogen-bond donors (Lipinski definition) is 2. The van der Waals surface area contributed by atoms with Gasteiger partial charge in [-0.3, -0.25) is 4.90 Å². The largest absolute Gasteiger partial charge is 0.476 e. The Hall–Kier alpha value is -2.93. The van der Waals surface area contributed by atoms with Gasteiger partial charge >= 0.3 is 0 Å². The number of alkyl halides is 1. The predicted octanol–water partition coefficient (Wildman–Crippen LogP) is 4.32. The van der Waals surface area contributed by atoms with Gasteiger partial charge in [-0.2, -0.15) is 5.26 Å². The molecule has 1 aliphatic carbocycles. The number of rotatable bonds is 5. The molecule has 7 rings (SSSR count). The van der Waals surface area contributed by atoms with Gasteiger partial charge in [-0.05, 0) is 62.6 Å². The van der Waals surface area contributed by atoms with Crippen LogP contribution in [0, 0.1) is 11.3 Å². The number of halogens is 1. The first-order chi connectivity index (χ1) is 19.9. The molecule has 5 aliphatic rings. The number of pyridine rings is 1. The quantitative estimate of drug-likeness (QED) is 0.520. The average molecular weight is 562 g/mol. The Labute approximate surface area is 241 Å². The highest BCUT2D eigenvalue weighted by Gasteiger charge is 2.50. The number of nitrogens with two attached hydrogens (primary N) is 1. The molecule has 218 valence electrons. The maximum absolute atomic E-state index is 14.4. The van der Waals surface area contributed by atoms with Crippen molar-refractivity contribution in [2.45, 2.75) is 94.2 Å². The second-order valence-corrected chi connectivity index (χ2v) is 12.9. The molecule has 41 heavy (non-hydrogen) atoms. The summed E-state index contributed by atoms with van der Waals surface area (Å²) in [5.41, 5.74) is 11.3. The van der Waals surface area contributed by atoms with E-state index in [1.165, 1.54) is 0 Å². The van der Waals surface area contributed by atoms with Crippen LogP contribution in [0.4, 0.5) is 15.8 Å². The van der Waals surface area contributed by atoms with E-state index >= 15 is 0 Å². The molecule has 0 saturated carbocycles. The van der Waals surface area contributed by atoms with E-state index in [1.54, 1.807) is 0 Å². The molecular weight excluding hydrogens is 521 g/mol. The highest BCUT2D eigenvalue weighted by Crippen LogP contribution is 2.51. The minimum atomic E-state index is -0.812. The van der Waals surface area contributed by atoms with Crippen LogP contribution in [-0.4, -0.2) is 65.6 Å². The number of nitriles is 1. The van der Waals surface area contributed by atoms with E-state index in [-0.39, 0.29) is 18.2 Å². The third kappa shape index (κ3) is 4.29. The summed E-state index contributed by atoms with van der Waals surface area (Å²) in [4.78, 5) is 9.62. The lowest BCUT2D eigenvalue weighted by molar-refractivity contribution is -0.0871. The van der Waals surface area contributed by atoms with E-state index in [0.717, 1.165) is 79.7 Å².